The van der Waals surface area contributed by atoms with E-state index in [0.717, 1.165) is 12.8 Å². The monoisotopic (exact) mass is 321 g/mol. The average Bonchev–Trinajstić information content (AvgIpc) is 3.14. The van der Waals surface area contributed by atoms with Crippen LogP contribution in [0.4, 0.5) is 0 Å². The fraction of sp³-hybridized carbons (Fsp3) is 0.692. The molecular weight excluding hydrogens is 302 g/mol. The van der Waals surface area contributed by atoms with E-state index in [4.69, 9.17) is 20.8 Å². The summed E-state index contributed by atoms with van der Waals surface area (Å²) in [6.07, 6.45) is 1.80. The summed E-state index contributed by atoms with van der Waals surface area (Å²) in [5, 5.41) is 0. The minimum absolute atomic E-state index is 0.0768. The lowest BCUT2D eigenvalue weighted by Gasteiger charge is -2.21. The van der Waals surface area contributed by atoms with Crippen LogP contribution in [0.25, 0.3) is 0 Å². The Kier molecular flexibility index (Phi) is 4.79. The van der Waals surface area contributed by atoms with E-state index < -0.39 is 10.0 Å². The summed E-state index contributed by atoms with van der Waals surface area (Å²) >= 11 is 5.89. The van der Waals surface area contributed by atoms with Gasteiger partial charge in [-0.1, -0.05) is 0 Å². The average molecular weight is 322 g/mol. The van der Waals surface area contributed by atoms with Gasteiger partial charge >= 0.3 is 0 Å². The lowest BCUT2D eigenvalue weighted by Crippen LogP contribution is -2.36. The first-order chi connectivity index (χ1) is 9.43. The quantitative estimate of drug-likeness (QED) is 0.724. The molecule has 1 aliphatic rings. The maximum Gasteiger partial charge on any atom is 0.247 e. The Balaban J connectivity index is 2.42. The summed E-state index contributed by atoms with van der Waals surface area (Å²) in [4.78, 5) is 0.230. The maximum atomic E-state index is 12.9. The normalized spacial score (nSPS) is 16.1. The molecule has 1 aromatic rings. The standard InChI is InChI=1S/C13H20ClNO4S/c1-9-12(8-14)13(10(2)19-9)20(16,17)15(6-7-18-3)11-4-5-11/h11H,4-8H2,1-3H3. The van der Waals surface area contributed by atoms with E-state index in [1.807, 2.05) is 0 Å². The molecule has 2 rings (SSSR count). The fourth-order valence-electron chi connectivity index (χ4n) is 2.36. The van der Waals surface area contributed by atoms with Crippen LogP contribution in [0.1, 0.15) is 29.9 Å². The Morgan fingerprint density at radius 2 is 2.00 bits per heavy atom. The van der Waals surface area contributed by atoms with Crippen LogP contribution in [-0.4, -0.2) is 39.0 Å². The number of furan rings is 1. The summed E-state index contributed by atoms with van der Waals surface area (Å²) in [6, 6.07) is 0.0768. The highest BCUT2D eigenvalue weighted by Crippen LogP contribution is 2.36. The third-order valence-electron chi connectivity index (χ3n) is 3.50. The lowest BCUT2D eigenvalue weighted by molar-refractivity contribution is 0.177. The molecule has 1 aliphatic carbocycles. The maximum absolute atomic E-state index is 12.9. The Bertz CT molecular complexity index is 577. The van der Waals surface area contributed by atoms with E-state index in [-0.39, 0.29) is 16.8 Å². The van der Waals surface area contributed by atoms with Gasteiger partial charge in [-0.25, -0.2) is 8.42 Å². The molecule has 5 nitrogen and oxygen atoms in total. The van der Waals surface area contributed by atoms with Gasteiger partial charge in [0.25, 0.3) is 0 Å². The van der Waals surface area contributed by atoms with Crippen molar-refractivity contribution < 1.29 is 17.6 Å². The molecule has 114 valence electrons. The van der Waals surface area contributed by atoms with Gasteiger partial charge in [-0.2, -0.15) is 4.31 Å². The van der Waals surface area contributed by atoms with Crippen LogP contribution in [0.3, 0.4) is 0 Å². The zero-order valence-electron chi connectivity index (χ0n) is 12.0. The van der Waals surface area contributed by atoms with Gasteiger partial charge in [-0.3, -0.25) is 0 Å². The second-order valence-corrected chi connectivity index (χ2v) is 7.09. The minimum atomic E-state index is -3.59. The second kappa shape index (κ2) is 6.05. The predicted molar refractivity (Wildman–Crippen MR) is 76.5 cm³/mol. The molecule has 0 radical (unpaired) electrons. The molecule has 0 N–H and O–H groups in total. The SMILES string of the molecule is COCCN(C1CC1)S(=O)(=O)c1c(C)oc(C)c1CCl. The number of methoxy groups -OCH3 is 1. The van der Waals surface area contributed by atoms with E-state index in [1.54, 1.807) is 21.0 Å². The Labute approximate surface area is 124 Å². The second-order valence-electron chi connectivity index (χ2n) is 5.00. The number of nitrogens with zero attached hydrogens (tertiary/aromatic N) is 1. The van der Waals surface area contributed by atoms with Crippen LogP contribution >= 0.6 is 11.6 Å². The van der Waals surface area contributed by atoms with Crippen molar-refractivity contribution in [3.63, 3.8) is 0 Å². The fourth-order valence-corrected chi connectivity index (χ4v) is 4.85. The van der Waals surface area contributed by atoms with Gasteiger partial charge in [-0.15, -0.1) is 11.6 Å². The highest BCUT2D eigenvalue weighted by Gasteiger charge is 2.40. The van der Waals surface area contributed by atoms with Crippen LogP contribution in [0, 0.1) is 13.8 Å². The molecule has 0 unspecified atom stereocenters. The molecule has 0 amide bonds. The third kappa shape index (κ3) is 2.88. The van der Waals surface area contributed by atoms with Crippen molar-refractivity contribution in [2.75, 3.05) is 20.3 Å². The van der Waals surface area contributed by atoms with Gasteiger partial charge in [-0.05, 0) is 26.7 Å². The largest absolute Gasteiger partial charge is 0.465 e. The smallest absolute Gasteiger partial charge is 0.247 e. The zero-order chi connectivity index (χ0) is 14.9. The Hall–Kier alpha value is -0.560. The molecule has 0 bridgehead atoms. The van der Waals surface area contributed by atoms with E-state index in [9.17, 15) is 8.42 Å². The van der Waals surface area contributed by atoms with Crippen molar-refractivity contribution in [1.82, 2.24) is 4.31 Å². The van der Waals surface area contributed by atoms with Crippen molar-refractivity contribution >= 4 is 21.6 Å². The van der Waals surface area contributed by atoms with Gasteiger partial charge in [0.2, 0.25) is 10.0 Å². The highest BCUT2D eigenvalue weighted by molar-refractivity contribution is 7.89. The number of sulfonamides is 1. The molecule has 0 aromatic carbocycles. The van der Waals surface area contributed by atoms with E-state index in [2.05, 4.69) is 0 Å². The van der Waals surface area contributed by atoms with E-state index in [1.165, 1.54) is 4.31 Å². The van der Waals surface area contributed by atoms with E-state index >= 15 is 0 Å². The summed E-state index contributed by atoms with van der Waals surface area (Å²) in [5.74, 6) is 1.10. The molecule has 0 aliphatic heterocycles. The van der Waals surface area contributed by atoms with Gasteiger partial charge in [0.15, 0.2) is 0 Å². The van der Waals surface area contributed by atoms with Crippen LogP contribution in [0.2, 0.25) is 0 Å². The summed E-state index contributed by atoms with van der Waals surface area (Å²) in [6.45, 7) is 4.13. The number of alkyl halides is 1. The Morgan fingerprint density at radius 3 is 2.50 bits per heavy atom. The summed E-state index contributed by atoms with van der Waals surface area (Å²) in [7, 11) is -2.02. The zero-order valence-corrected chi connectivity index (χ0v) is 13.6. The predicted octanol–water partition coefficient (Wildman–Crippen LogP) is 2.43. The number of hydrogen-bond donors (Lipinski definition) is 0. The lowest BCUT2D eigenvalue weighted by atomic mass is 10.3. The molecule has 0 spiro atoms. The molecule has 20 heavy (non-hydrogen) atoms. The van der Waals surface area contributed by atoms with Gasteiger partial charge in [0, 0.05) is 25.3 Å². The highest BCUT2D eigenvalue weighted by atomic mass is 35.5. The molecule has 1 aromatic heterocycles. The van der Waals surface area contributed by atoms with Crippen LogP contribution in [-0.2, 0) is 20.6 Å². The third-order valence-corrected chi connectivity index (χ3v) is 5.91. The van der Waals surface area contributed by atoms with Crippen molar-refractivity contribution in [2.45, 2.75) is 43.5 Å². The van der Waals surface area contributed by atoms with Crippen LogP contribution in [0.5, 0.6) is 0 Å². The first-order valence-corrected chi connectivity index (χ1v) is 8.56. The number of rotatable bonds is 7. The first-order valence-electron chi connectivity index (χ1n) is 6.59. The number of halogens is 1. The molecule has 1 fully saturated rings. The Morgan fingerprint density at radius 1 is 1.35 bits per heavy atom. The molecule has 0 saturated heterocycles. The van der Waals surface area contributed by atoms with Crippen molar-refractivity contribution in [2.24, 2.45) is 0 Å². The molecule has 0 atom stereocenters. The number of aryl methyl sites for hydroxylation is 2. The number of hydrogen-bond acceptors (Lipinski definition) is 4. The topological polar surface area (TPSA) is 59.8 Å². The number of ether oxygens (including phenoxy) is 1. The molecule has 7 heteroatoms. The minimum Gasteiger partial charge on any atom is -0.465 e. The molecule has 1 saturated carbocycles. The van der Waals surface area contributed by atoms with Crippen molar-refractivity contribution in [1.29, 1.82) is 0 Å². The van der Waals surface area contributed by atoms with Gasteiger partial charge in [0.05, 0.1) is 12.5 Å². The first kappa shape index (κ1) is 15.8. The molecule has 1 heterocycles. The van der Waals surface area contributed by atoms with Crippen molar-refractivity contribution in [3.8, 4) is 0 Å². The van der Waals surface area contributed by atoms with Crippen molar-refractivity contribution in [3.05, 3.63) is 17.1 Å². The van der Waals surface area contributed by atoms with E-state index in [0.29, 0.717) is 30.2 Å². The van der Waals surface area contributed by atoms with Crippen LogP contribution in [0.15, 0.2) is 9.31 Å². The molecular formula is C13H20ClNO4S. The summed E-state index contributed by atoms with van der Waals surface area (Å²) < 4.78 is 37.8. The van der Waals surface area contributed by atoms with Crippen LogP contribution < -0.4 is 0 Å². The van der Waals surface area contributed by atoms with Gasteiger partial charge in [0.1, 0.15) is 16.4 Å². The summed E-state index contributed by atoms with van der Waals surface area (Å²) in [5.41, 5.74) is 0.562. The van der Waals surface area contributed by atoms with Gasteiger partial charge < -0.3 is 9.15 Å².